The summed E-state index contributed by atoms with van der Waals surface area (Å²) < 4.78 is 4.37. The molecule has 1 N–H and O–H groups in total. The van der Waals surface area contributed by atoms with Crippen LogP contribution < -0.4 is 5.76 Å². The lowest BCUT2D eigenvalue weighted by Gasteiger charge is -1.82. The van der Waals surface area contributed by atoms with Crippen molar-refractivity contribution in [1.29, 1.82) is 0 Å². The quantitative estimate of drug-likeness (QED) is 0.725. The molecule has 2 aromatic rings. The number of nitrogens with one attached hydrogen (secondary N) is 1. The van der Waals surface area contributed by atoms with E-state index in [1.165, 1.54) is 4.88 Å². The maximum absolute atomic E-state index is 10.6. The van der Waals surface area contributed by atoms with Gasteiger partial charge in [0.05, 0.1) is 4.88 Å². The zero-order valence-corrected chi connectivity index (χ0v) is 7.14. The van der Waals surface area contributed by atoms with E-state index in [-0.39, 0.29) is 0 Å². The molecule has 2 rings (SSSR count). The predicted molar refractivity (Wildman–Crippen MR) is 45.2 cm³/mol. The first-order valence-electron chi connectivity index (χ1n) is 3.38. The highest BCUT2D eigenvalue weighted by Gasteiger charge is 2.05. The van der Waals surface area contributed by atoms with E-state index in [1.54, 1.807) is 11.3 Å². The van der Waals surface area contributed by atoms with Gasteiger partial charge in [0.2, 0.25) is 0 Å². The average molecular weight is 182 g/mol. The van der Waals surface area contributed by atoms with E-state index in [0.717, 1.165) is 4.88 Å². The van der Waals surface area contributed by atoms with Crippen molar-refractivity contribution in [3.05, 3.63) is 27.6 Å². The summed E-state index contributed by atoms with van der Waals surface area (Å²) in [5, 5.41) is 3.57. The Hall–Kier alpha value is -1.36. The second kappa shape index (κ2) is 2.60. The lowest BCUT2D eigenvalue weighted by molar-refractivity contribution is 0.388. The minimum atomic E-state index is -0.518. The molecule has 0 aliphatic carbocycles. The number of aryl methyl sites for hydroxylation is 1. The standard InChI is InChI=1S/C7H6N2O2S/c1-4-2-3-5(12-4)6-8-7(10)11-9-6/h2-3H,1H3,(H,8,9,10). The number of hydrogen-bond acceptors (Lipinski definition) is 4. The smallest absolute Gasteiger partial charge is 0.296 e. The topological polar surface area (TPSA) is 58.9 Å². The van der Waals surface area contributed by atoms with Crippen LogP contribution in [0.25, 0.3) is 10.7 Å². The Labute approximate surface area is 71.8 Å². The fourth-order valence-corrected chi connectivity index (χ4v) is 1.70. The molecular formula is C7H6N2O2S. The van der Waals surface area contributed by atoms with Crippen LogP contribution in [0.3, 0.4) is 0 Å². The van der Waals surface area contributed by atoms with E-state index in [1.807, 2.05) is 19.1 Å². The van der Waals surface area contributed by atoms with Crippen LogP contribution in [0.5, 0.6) is 0 Å². The molecule has 0 atom stereocenters. The second-order valence-electron chi connectivity index (χ2n) is 2.35. The van der Waals surface area contributed by atoms with E-state index >= 15 is 0 Å². The highest BCUT2D eigenvalue weighted by atomic mass is 32.1. The van der Waals surface area contributed by atoms with Gasteiger partial charge in [0.15, 0.2) is 5.82 Å². The minimum Gasteiger partial charge on any atom is -0.296 e. The van der Waals surface area contributed by atoms with E-state index in [0.29, 0.717) is 5.82 Å². The SMILES string of the molecule is Cc1ccc(-c2noc(=O)[nH]2)s1. The monoisotopic (exact) mass is 182 g/mol. The Balaban J connectivity index is 2.50. The number of rotatable bonds is 1. The van der Waals surface area contributed by atoms with Gasteiger partial charge in [-0.25, -0.2) is 4.79 Å². The molecule has 0 unspecified atom stereocenters. The maximum atomic E-state index is 10.6. The fourth-order valence-electron chi connectivity index (χ4n) is 0.898. The molecule has 0 fully saturated rings. The molecule has 2 aromatic heterocycles. The molecular weight excluding hydrogens is 176 g/mol. The van der Waals surface area contributed by atoms with Crippen LogP contribution in [0.1, 0.15) is 4.88 Å². The zero-order chi connectivity index (χ0) is 8.55. The summed E-state index contributed by atoms with van der Waals surface area (Å²) in [4.78, 5) is 15.2. The van der Waals surface area contributed by atoms with Crippen molar-refractivity contribution in [2.75, 3.05) is 0 Å². The van der Waals surface area contributed by atoms with Crippen molar-refractivity contribution < 1.29 is 4.52 Å². The van der Waals surface area contributed by atoms with Crippen molar-refractivity contribution in [2.24, 2.45) is 0 Å². The fraction of sp³-hybridized carbons (Fsp3) is 0.143. The van der Waals surface area contributed by atoms with Gasteiger partial charge in [-0.15, -0.1) is 11.3 Å². The Kier molecular flexibility index (Phi) is 1.58. The number of aromatic nitrogens is 2. The summed E-state index contributed by atoms with van der Waals surface area (Å²) in [5.41, 5.74) is 0. The van der Waals surface area contributed by atoms with Gasteiger partial charge >= 0.3 is 5.76 Å². The highest BCUT2D eigenvalue weighted by molar-refractivity contribution is 7.15. The van der Waals surface area contributed by atoms with E-state index < -0.39 is 5.76 Å². The van der Waals surface area contributed by atoms with Crippen LogP contribution in [0.4, 0.5) is 0 Å². The van der Waals surface area contributed by atoms with Crippen molar-refractivity contribution in [2.45, 2.75) is 6.92 Å². The molecule has 2 heterocycles. The largest absolute Gasteiger partial charge is 0.439 e. The summed E-state index contributed by atoms with van der Waals surface area (Å²) in [5.74, 6) is -0.0193. The van der Waals surface area contributed by atoms with Crippen LogP contribution in [0, 0.1) is 6.92 Å². The van der Waals surface area contributed by atoms with Crippen molar-refractivity contribution in [3.8, 4) is 10.7 Å². The summed E-state index contributed by atoms with van der Waals surface area (Å²) in [6.45, 7) is 1.99. The minimum absolute atomic E-state index is 0.498. The van der Waals surface area contributed by atoms with Crippen molar-refractivity contribution >= 4 is 11.3 Å². The summed E-state index contributed by atoms with van der Waals surface area (Å²) in [6.07, 6.45) is 0. The normalized spacial score (nSPS) is 10.4. The summed E-state index contributed by atoms with van der Waals surface area (Å²) in [6, 6.07) is 3.86. The van der Waals surface area contributed by atoms with Crippen LogP contribution in [-0.4, -0.2) is 10.1 Å². The van der Waals surface area contributed by atoms with Gasteiger partial charge in [0, 0.05) is 4.88 Å². The van der Waals surface area contributed by atoms with Crippen molar-refractivity contribution in [1.82, 2.24) is 10.1 Å². The van der Waals surface area contributed by atoms with Gasteiger partial charge in [-0.05, 0) is 19.1 Å². The van der Waals surface area contributed by atoms with Crippen LogP contribution in [0.2, 0.25) is 0 Å². The van der Waals surface area contributed by atoms with E-state index in [4.69, 9.17) is 0 Å². The lowest BCUT2D eigenvalue weighted by Crippen LogP contribution is -1.94. The molecule has 0 aromatic carbocycles. The Morgan fingerprint density at radius 2 is 2.42 bits per heavy atom. The predicted octanol–water partition coefficient (Wildman–Crippen LogP) is 1.40. The zero-order valence-electron chi connectivity index (χ0n) is 6.33. The van der Waals surface area contributed by atoms with Crippen LogP contribution in [0.15, 0.2) is 21.5 Å². The molecule has 0 bridgehead atoms. The number of thiophene rings is 1. The number of aromatic amines is 1. The molecule has 12 heavy (non-hydrogen) atoms. The first-order chi connectivity index (χ1) is 5.75. The molecule has 0 aliphatic rings. The molecule has 4 nitrogen and oxygen atoms in total. The van der Waals surface area contributed by atoms with Crippen LogP contribution >= 0.6 is 11.3 Å². The van der Waals surface area contributed by atoms with Crippen LogP contribution in [-0.2, 0) is 0 Å². The molecule has 0 aliphatic heterocycles. The van der Waals surface area contributed by atoms with Gasteiger partial charge in [-0.2, -0.15) is 0 Å². The first-order valence-corrected chi connectivity index (χ1v) is 4.20. The van der Waals surface area contributed by atoms with Gasteiger partial charge in [0.1, 0.15) is 0 Å². The molecule has 0 radical (unpaired) electrons. The Bertz CT molecular complexity index is 440. The highest BCUT2D eigenvalue weighted by Crippen LogP contribution is 2.23. The van der Waals surface area contributed by atoms with Gasteiger partial charge in [0.25, 0.3) is 0 Å². The number of H-pyrrole nitrogens is 1. The molecule has 0 saturated heterocycles. The maximum Gasteiger partial charge on any atom is 0.439 e. The first kappa shape index (κ1) is 7.30. The van der Waals surface area contributed by atoms with E-state index in [9.17, 15) is 4.79 Å². The van der Waals surface area contributed by atoms with Gasteiger partial charge in [-0.3, -0.25) is 9.51 Å². The van der Waals surface area contributed by atoms with Crippen molar-refractivity contribution in [3.63, 3.8) is 0 Å². The summed E-state index contributed by atoms with van der Waals surface area (Å²) >= 11 is 1.56. The molecule has 5 heteroatoms. The molecule has 0 spiro atoms. The van der Waals surface area contributed by atoms with Gasteiger partial charge in [-0.1, -0.05) is 5.16 Å². The Morgan fingerprint density at radius 3 is 2.92 bits per heavy atom. The summed E-state index contributed by atoms with van der Waals surface area (Å²) in [7, 11) is 0. The Morgan fingerprint density at radius 1 is 1.58 bits per heavy atom. The lowest BCUT2D eigenvalue weighted by atomic mass is 10.4. The number of nitrogens with zero attached hydrogens (tertiary/aromatic N) is 1. The van der Waals surface area contributed by atoms with Gasteiger partial charge < -0.3 is 0 Å². The van der Waals surface area contributed by atoms with E-state index in [2.05, 4.69) is 14.7 Å². The molecule has 62 valence electrons. The second-order valence-corrected chi connectivity index (χ2v) is 3.64. The molecule has 0 amide bonds. The molecule has 0 saturated carbocycles. The number of hydrogen-bond donors (Lipinski definition) is 1. The third-order valence-corrected chi connectivity index (χ3v) is 2.42. The average Bonchev–Trinajstić information content (AvgIpc) is 2.58. The third-order valence-electron chi connectivity index (χ3n) is 1.41. The third kappa shape index (κ3) is 1.18.